The standard InChI is InChI=1S/C18H20N4O3/c1-10(8-15-12(3)21-25-13(15)4)19-16-9-11(2)20-18-14(16)6-5-7-17(18)22(23)24/h5-7,9-10H,8H2,1-4H3,(H,19,20). The summed E-state index contributed by atoms with van der Waals surface area (Å²) in [6, 6.07) is 7.02. The average Bonchev–Trinajstić information content (AvgIpc) is 2.86. The fraction of sp³-hybridized carbons (Fsp3) is 0.333. The van der Waals surface area contributed by atoms with E-state index in [1.54, 1.807) is 6.07 Å². The molecule has 7 heteroatoms. The lowest BCUT2D eigenvalue weighted by molar-refractivity contribution is -0.383. The number of aryl methyl sites for hydroxylation is 3. The largest absolute Gasteiger partial charge is 0.382 e. The number of nitro benzene ring substituents is 1. The van der Waals surface area contributed by atoms with Crippen molar-refractivity contribution in [3.8, 4) is 0 Å². The molecule has 0 aliphatic heterocycles. The number of benzene rings is 1. The second-order valence-corrected chi connectivity index (χ2v) is 6.29. The van der Waals surface area contributed by atoms with Crippen LogP contribution in [0.3, 0.4) is 0 Å². The maximum atomic E-state index is 11.3. The van der Waals surface area contributed by atoms with Crippen LogP contribution in [0.1, 0.15) is 29.6 Å². The number of nitro groups is 1. The Morgan fingerprint density at radius 3 is 2.72 bits per heavy atom. The number of anilines is 1. The van der Waals surface area contributed by atoms with Gasteiger partial charge >= 0.3 is 0 Å². The highest BCUT2D eigenvalue weighted by Crippen LogP contribution is 2.30. The maximum Gasteiger partial charge on any atom is 0.295 e. The molecule has 0 fully saturated rings. The van der Waals surface area contributed by atoms with E-state index in [-0.39, 0.29) is 11.7 Å². The zero-order chi connectivity index (χ0) is 18.1. The Morgan fingerprint density at radius 1 is 1.32 bits per heavy atom. The van der Waals surface area contributed by atoms with Gasteiger partial charge in [0.15, 0.2) is 5.52 Å². The molecule has 1 aromatic carbocycles. The van der Waals surface area contributed by atoms with E-state index in [1.165, 1.54) is 6.07 Å². The van der Waals surface area contributed by atoms with E-state index >= 15 is 0 Å². The highest BCUT2D eigenvalue weighted by Gasteiger charge is 2.18. The molecule has 0 aliphatic rings. The van der Waals surface area contributed by atoms with Crippen LogP contribution >= 0.6 is 0 Å². The van der Waals surface area contributed by atoms with Crippen LogP contribution < -0.4 is 5.32 Å². The van der Waals surface area contributed by atoms with Crippen LogP contribution in [0.4, 0.5) is 11.4 Å². The van der Waals surface area contributed by atoms with Crippen molar-refractivity contribution in [2.75, 3.05) is 5.32 Å². The smallest absolute Gasteiger partial charge is 0.295 e. The molecule has 0 aliphatic carbocycles. The number of fused-ring (bicyclic) bond motifs is 1. The second-order valence-electron chi connectivity index (χ2n) is 6.29. The molecule has 0 radical (unpaired) electrons. The summed E-state index contributed by atoms with van der Waals surface area (Å²) in [7, 11) is 0. The van der Waals surface area contributed by atoms with Gasteiger partial charge in [-0.3, -0.25) is 10.1 Å². The van der Waals surface area contributed by atoms with E-state index in [4.69, 9.17) is 4.52 Å². The number of aromatic nitrogens is 2. The summed E-state index contributed by atoms with van der Waals surface area (Å²) < 4.78 is 5.22. The number of rotatable bonds is 5. The zero-order valence-electron chi connectivity index (χ0n) is 14.7. The Morgan fingerprint density at radius 2 is 2.08 bits per heavy atom. The Bertz CT molecular complexity index is 929. The summed E-state index contributed by atoms with van der Waals surface area (Å²) in [5, 5.41) is 19.5. The molecule has 25 heavy (non-hydrogen) atoms. The van der Waals surface area contributed by atoms with E-state index in [0.717, 1.165) is 40.2 Å². The Balaban J connectivity index is 1.96. The minimum atomic E-state index is -0.397. The first-order chi connectivity index (χ1) is 11.9. The molecule has 130 valence electrons. The first-order valence-corrected chi connectivity index (χ1v) is 8.10. The van der Waals surface area contributed by atoms with E-state index in [0.29, 0.717) is 5.52 Å². The first kappa shape index (κ1) is 16.9. The van der Waals surface area contributed by atoms with Gasteiger partial charge < -0.3 is 9.84 Å². The van der Waals surface area contributed by atoms with Crippen molar-refractivity contribution in [3.63, 3.8) is 0 Å². The third-order valence-corrected chi connectivity index (χ3v) is 4.24. The Labute approximate surface area is 145 Å². The molecule has 7 nitrogen and oxygen atoms in total. The SMILES string of the molecule is Cc1cc(NC(C)Cc2c(C)noc2C)c2cccc([N+](=O)[O-])c2n1. The third kappa shape index (κ3) is 3.31. The summed E-state index contributed by atoms with van der Waals surface area (Å²) in [4.78, 5) is 15.2. The maximum absolute atomic E-state index is 11.3. The topological polar surface area (TPSA) is 94.1 Å². The highest BCUT2D eigenvalue weighted by molar-refractivity contribution is 5.96. The van der Waals surface area contributed by atoms with Gasteiger partial charge in [-0.2, -0.15) is 0 Å². The van der Waals surface area contributed by atoms with Gasteiger partial charge in [-0.25, -0.2) is 4.98 Å². The molecule has 0 saturated heterocycles. The lowest BCUT2D eigenvalue weighted by atomic mass is 10.0. The zero-order valence-corrected chi connectivity index (χ0v) is 14.7. The predicted molar refractivity (Wildman–Crippen MR) is 95.9 cm³/mol. The monoisotopic (exact) mass is 340 g/mol. The predicted octanol–water partition coefficient (Wildman–Crippen LogP) is 4.10. The van der Waals surface area contributed by atoms with Gasteiger partial charge in [-0.1, -0.05) is 17.3 Å². The number of hydrogen-bond acceptors (Lipinski definition) is 6. The van der Waals surface area contributed by atoms with Crippen LogP contribution in [-0.4, -0.2) is 21.1 Å². The van der Waals surface area contributed by atoms with Crippen LogP contribution in [0.25, 0.3) is 10.9 Å². The van der Waals surface area contributed by atoms with E-state index in [2.05, 4.69) is 22.4 Å². The van der Waals surface area contributed by atoms with Crippen molar-refractivity contribution in [1.82, 2.24) is 10.1 Å². The van der Waals surface area contributed by atoms with Crippen LogP contribution in [0.15, 0.2) is 28.8 Å². The summed E-state index contributed by atoms with van der Waals surface area (Å²) >= 11 is 0. The van der Waals surface area contributed by atoms with Gasteiger partial charge in [-0.15, -0.1) is 0 Å². The molecule has 0 amide bonds. The lowest BCUT2D eigenvalue weighted by Crippen LogP contribution is -2.19. The van der Waals surface area contributed by atoms with Crippen LogP contribution in [0.5, 0.6) is 0 Å². The number of hydrogen-bond donors (Lipinski definition) is 1. The van der Waals surface area contributed by atoms with E-state index in [1.807, 2.05) is 32.9 Å². The van der Waals surface area contributed by atoms with Crippen molar-refractivity contribution in [3.05, 3.63) is 57.1 Å². The minimum Gasteiger partial charge on any atom is -0.382 e. The molecular weight excluding hydrogens is 320 g/mol. The average molecular weight is 340 g/mol. The van der Waals surface area contributed by atoms with Gasteiger partial charge in [0.05, 0.1) is 10.6 Å². The summed E-state index contributed by atoms with van der Waals surface area (Å²) in [5.41, 5.74) is 3.96. The van der Waals surface area contributed by atoms with Gasteiger partial charge in [0.1, 0.15) is 5.76 Å². The van der Waals surface area contributed by atoms with Crippen molar-refractivity contribution >= 4 is 22.3 Å². The van der Waals surface area contributed by atoms with E-state index < -0.39 is 4.92 Å². The number of nitrogens with zero attached hydrogens (tertiary/aromatic N) is 3. The fourth-order valence-electron chi connectivity index (χ4n) is 3.04. The quantitative estimate of drug-likeness (QED) is 0.555. The van der Waals surface area contributed by atoms with Gasteiger partial charge in [-0.05, 0) is 40.2 Å². The molecule has 2 heterocycles. The van der Waals surface area contributed by atoms with E-state index in [9.17, 15) is 10.1 Å². The van der Waals surface area contributed by atoms with Crippen LogP contribution in [0, 0.1) is 30.9 Å². The molecule has 3 aromatic rings. The molecule has 3 rings (SSSR count). The highest BCUT2D eigenvalue weighted by atomic mass is 16.6. The summed E-state index contributed by atoms with van der Waals surface area (Å²) in [5.74, 6) is 0.817. The Kier molecular flexibility index (Phi) is 4.39. The third-order valence-electron chi connectivity index (χ3n) is 4.24. The van der Waals surface area contributed by atoms with Gasteiger partial charge in [0.25, 0.3) is 5.69 Å². The van der Waals surface area contributed by atoms with Gasteiger partial charge in [0, 0.05) is 34.4 Å². The van der Waals surface area contributed by atoms with Crippen molar-refractivity contribution < 1.29 is 9.45 Å². The minimum absolute atomic E-state index is 0.0163. The molecule has 0 spiro atoms. The van der Waals surface area contributed by atoms with Crippen molar-refractivity contribution in [1.29, 1.82) is 0 Å². The number of non-ortho nitro benzene ring substituents is 1. The first-order valence-electron chi connectivity index (χ1n) is 8.10. The fourth-order valence-corrected chi connectivity index (χ4v) is 3.04. The molecule has 1 unspecified atom stereocenters. The van der Waals surface area contributed by atoms with Crippen molar-refractivity contribution in [2.45, 2.75) is 40.2 Å². The summed E-state index contributed by atoms with van der Waals surface area (Å²) in [6.07, 6.45) is 0.749. The molecular formula is C18H20N4O3. The summed E-state index contributed by atoms with van der Waals surface area (Å²) in [6.45, 7) is 7.72. The molecule has 1 atom stereocenters. The van der Waals surface area contributed by atoms with Crippen LogP contribution in [-0.2, 0) is 6.42 Å². The number of nitrogens with one attached hydrogen (secondary N) is 1. The Hall–Kier alpha value is -2.96. The second kappa shape index (κ2) is 6.51. The molecule has 1 N–H and O–H groups in total. The normalized spacial score (nSPS) is 12.3. The van der Waals surface area contributed by atoms with Gasteiger partial charge in [0.2, 0.25) is 0 Å². The molecule has 2 aromatic heterocycles. The number of para-hydroxylation sites is 1. The lowest BCUT2D eigenvalue weighted by Gasteiger charge is -2.17. The van der Waals surface area contributed by atoms with Crippen molar-refractivity contribution in [2.24, 2.45) is 0 Å². The van der Waals surface area contributed by atoms with Crippen LogP contribution in [0.2, 0.25) is 0 Å². The molecule has 0 saturated carbocycles. The number of pyridine rings is 1. The molecule has 0 bridgehead atoms.